The predicted molar refractivity (Wildman–Crippen MR) is 67.0 cm³/mol. The number of ether oxygens (including phenoxy) is 1. The van der Waals surface area contributed by atoms with Gasteiger partial charge in [-0.2, -0.15) is 0 Å². The van der Waals surface area contributed by atoms with Gasteiger partial charge in [0.15, 0.2) is 0 Å². The summed E-state index contributed by atoms with van der Waals surface area (Å²) in [4.78, 5) is 13.7. The Balaban J connectivity index is 1.74. The Morgan fingerprint density at radius 2 is 1.94 bits per heavy atom. The molecule has 2 fully saturated rings. The molecule has 1 saturated heterocycles. The molecule has 1 N–H and O–H groups in total. The predicted octanol–water partition coefficient (Wildman–Crippen LogP) is 2.14. The van der Waals surface area contributed by atoms with Crippen molar-refractivity contribution in [3.63, 3.8) is 0 Å². The van der Waals surface area contributed by atoms with E-state index < -0.39 is 5.60 Å². The molecule has 98 valence electrons. The molecule has 1 atom stereocenters. The van der Waals surface area contributed by atoms with Crippen LogP contribution in [0.5, 0.6) is 0 Å². The number of nitrogens with one attached hydrogen (secondary N) is 1. The van der Waals surface area contributed by atoms with Crippen LogP contribution >= 0.6 is 0 Å². The van der Waals surface area contributed by atoms with E-state index in [9.17, 15) is 4.79 Å². The summed E-state index contributed by atoms with van der Waals surface area (Å²) in [6.45, 7) is 7.34. The summed E-state index contributed by atoms with van der Waals surface area (Å²) >= 11 is 0. The van der Waals surface area contributed by atoms with Crippen LogP contribution < -0.4 is 5.32 Å². The minimum atomic E-state index is -0.392. The molecule has 0 bridgehead atoms. The molecule has 17 heavy (non-hydrogen) atoms. The number of likely N-dealkylation sites (tertiary alicyclic amines) is 1. The van der Waals surface area contributed by atoms with E-state index in [0.29, 0.717) is 12.1 Å². The van der Waals surface area contributed by atoms with E-state index in [2.05, 4.69) is 5.32 Å². The summed E-state index contributed by atoms with van der Waals surface area (Å²) in [5, 5.41) is 3.61. The van der Waals surface area contributed by atoms with Crippen molar-refractivity contribution in [1.29, 1.82) is 0 Å². The third-order valence-corrected chi connectivity index (χ3v) is 3.42. The lowest BCUT2D eigenvalue weighted by Gasteiger charge is -2.30. The van der Waals surface area contributed by atoms with Gasteiger partial charge in [-0.3, -0.25) is 0 Å². The summed E-state index contributed by atoms with van der Waals surface area (Å²) < 4.78 is 5.37. The minimum Gasteiger partial charge on any atom is -0.444 e. The Labute approximate surface area is 104 Å². The fraction of sp³-hybridized carbons (Fsp3) is 0.923. The first-order valence-corrected chi connectivity index (χ1v) is 6.68. The van der Waals surface area contributed by atoms with Crippen LogP contribution in [0.1, 0.15) is 46.5 Å². The Morgan fingerprint density at radius 1 is 1.24 bits per heavy atom. The molecule has 0 aromatic carbocycles. The highest BCUT2D eigenvalue weighted by molar-refractivity contribution is 5.68. The van der Waals surface area contributed by atoms with Crippen LogP contribution in [-0.4, -0.2) is 41.8 Å². The van der Waals surface area contributed by atoms with Crippen molar-refractivity contribution in [3.8, 4) is 0 Å². The van der Waals surface area contributed by atoms with Crippen molar-refractivity contribution in [2.75, 3.05) is 13.1 Å². The van der Waals surface area contributed by atoms with Crippen molar-refractivity contribution in [3.05, 3.63) is 0 Å². The largest absolute Gasteiger partial charge is 0.444 e. The van der Waals surface area contributed by atoms with E-state index in [1.807, 2.05) is 25.7 Å². The molecule has 1 amide bonds. The molecule has 4 heteroatoms. The van der Waals surface area contributed by atoms with Gasteiger partial charge in [0, 0.05) is 25.2 Å². The number of amides is 1. The summed E-state index contributed by atoms with van der Waals surface area (Å²) in [5.41, 5.74) is -0.392. The molecule has 0 aromatic rings. The van der Waals surface area contributed by atoms with Crippen molar-refractivity contribution < 1.29 is 9.53 Å². The molecule has 2 rings (SSSR count). The van der Waals surface area contributed by atoms with Crippen LogP contribution in [0, 0.1) is 0 Å². The average molecular weight is 240 g/mol. The third kappa shape index (κ3) is 3.60. The van der Waals surface area contributed by atoms with E-state index in [0.717, 1.165) is 19.5 Å². The molecular weight excluding hydrogens is 216 g/mol. The first-order chi connectivity index (χ1) is 7.94. The van der Waals surface area contributed by atoms with Crippen molar-refractivity contribution in [2.45, 2.75) is 64.1 Å². The second-order valence-corrected chi connectivity index (χ2v) is 6.21. The van der Waals surface area contributed by atoms with Gasteiger partial charge < -0.3 is 15.0 Å². The van der Waals surface area contributed by atoms with Crippen molar-refractivity contribution in [1.82, 2.24) is 10.2 Å². The number of carbonyl (C=O) groups excluding carboxylic acids is 1. The lowest BCUT2D eigenvalue weighted by Crippen LogP contribution is -2.44. The summed E-state index contributed by atoms with van der Waals surface area (Å²) in [6.07, 6.45) is 4.82. The van der Waals surface area contributed by atoms with E-state index in [4.69, 9.17) is 4.74 Å². The van der Waals surface area contributed by atoms with Crippen LogP contribution in [0.25, 0.3) is 0 Å². The Hall–Kier alpha value is -0.770. The second kappa shape index (κ2) is 4.84. The molecule has 0 spiro atoms. The first-order valence-electron chi connectivity index (χ1n) is 6.68. The molecule has 0 aromatic heterocycles. The average Bonchev–Trinajstić information content (AvgIpc) is 2.56. The van der Waals surface area contributed by atoms with Gasteiger partial charge >= 0.3 is 6.09 Å². The van der Waals surface area contributed by atoms with Crippen LogP contribution in [0.3, 0.4) is 0 Å². The van der Waals surface area contributed by atoms with Gasteiger partial charge in [-0.25, -0.2) is 4.79 Å². The zero-order valence-electron chi connectivity index (χ0n) is 11.2. The van der Waals surface area contributed by atoms with Gasteiger partial charge in [-0.05, 0) is 40.0 Å². The molecule has 1 aliphatic carbocycles. The Morgan fingerprint density at radius 3 is 2.47 bits per heavy atom. The zero-order valence-corrected chi connectivity index (χ0v) is 11.2. The molecule has 1 saturated carbocycles. The number of hydrogen-bond acceptors (Lipinski definition) is 3. The molecular formula is C13H24N2O2. The van der Waals surface area contributed by atoms with Gasteiger partial charge in [-0.1, -0.05) is 6.42 Å². The maximum atomic E-state index is 11.9. The molecule has 1 unspecified atom stereocenters. The van der Waals surface area contributed by atoms with Crippen LogP contribution in [0.2, 0.25) is 0 Å². The maximum absolute atomic E-state index is 11.9. The van der Waals surface area contributed by atoms with Crippen LogP contribution in [0.15, 0.2) is 0 Å². The number of hydrogen-bond donors (Lipinski definition) is 1. The van der Waals surface area contributed by atoms with Gasteiger partial charge in [0.05, 0.1) is 0 Å². The molecule has 2 aliphatic rings. The monoisotopic (exact) mass is 240 g/mol. The summed E-state index contributed by atoms with van der Waals surface area (Å²) in [5.74, 6) is 0. The smallest absolute Gasteiger partial charge is 0.410 e. The molecule has 0 radical (unpaired) electrons. The van der Waals surface area contributed by atoms with E-state index in [-0.39, 0.29) is 6.09 Å². The first kappa shape index (κ1) is 12.7. The summed E-state index contributed by atoms with van der Waals surface area (Å²) in [7, 11) is 0. The highest BCUT2D eigenvalue weighted by Crippen LogP contribution is 2.21. The summed E-state index contributed by atoms with van der Waals surface area (Å²) in [6, 6.07) is 1.16. The zero-order chi connectivity index (χ0) is 12.5. The highest BCUT2D eigenvalue weighted by atomic mass is 16.6. The van der Waals surface area contributed by atoms with E-state index in [1.54, 1.807) is 0 Å². The topological polar surface area (TPSA) is 41.6 Å². The number of carbonyl (C=O) groups is 1. The van der Waals surface area contributed by atoms with Crippen molar-refractivity contribution >= 4 is 6.09 Å². The fourth-order valence-electron chi connectivity index (χ4n) is 2.30. The maximum Gasteiger partial charge on any atom is 0.410 e. The van der Waals surface area contributed by atoms with Gasteiger partial charge in [0.1, 0.15) is 5.60 Å². The highest BCUT2D eigenvalue weighted by Gasteiger charge is 2.31. The Bertz CT molecular complexity index is 282. The standard InChI is InChI=1S/C13H24N2O2/c1-13(2,3)17-12(16)15-8-7-11(9-15)14-10-5-4-6-10/h10-11,14H,4-9H2,1-3H3. The fourth-order valence-corrected chi connectivity index (χ4v) is 2.30. The van der Waals surface area contributed by atoms with Gasteiger partial charge in [0.25, 0.3) is 0 Å². The quantitative estimate of drug-likeness (QED) is 0.804. The van der Waals surface area contributed by atoms with Crippen LogP contribution in [0.4, 0.5) is 4.79 Å². The number of nitrogens with zero attached hydrogens (tertiary/aromatic N) is 1. The van der Waals surface area contributed by atoms with E-state index in [1.165, 1.54) is 19.3 Å². The van der Waals surface area contributed by atoms with Gasteiger partial charge in [0.2, 0.25) is 0 Å². The van der Waals surface area contributed by atoms with Gasteiger partial charge in [-0.15, -0.1) is 0 Å². The Kier molecular flexibility index (Phi) is 3.61. The number of rotatable bonds is 2. The minimum absolute atomic E-state index is 0.171. The lowest BCUT2D eigenvalue weighted by molar-refractivity contribution is 0.0289. The van der Waals surface area contributed by atoms with E-state index >= 15 is 0 Å². The second-order valence-electron chi connectivity index (χ2n) is 6.21. The third-order valence-electron chi connectivity index (χ3n) is 3.42. The molecule has 4 nitrogen and oxygen atoms in total. The van der Waals surface area contributed by atoms with Crippen LogP contribution in [-0.2, 0) is 4.74 Å². The lowest BCUT2D eigenvalue weighted by atomic mass is 9.92. The molecule has 1 heterocycles. The SMILES string of the molecule is CC(C)(C)OC(=O)N1CCC(NC2CCC2)C1. The molecule has 1 aliphatic heterocycles. The van der Waals surface area contributed by atoms with Crippen molar-refractivity contribution in [2.24, 2.45) is 0 Å². The normalized spacial score (nSPS) is 25.8.